The zero-order valence-corrected chi connectivity index (χ0v) is 23.3. The number of unbranched alkanes of at least 4 members (excludes halogenated alkanes) is 2. The average Bonchev–Trinajstić information content (AvgIpc) is 3.01. The van der Waals surface area contributed by atoms with Gasteiger partial charge in [-0.1, -0.05) is 66.7 Å². The lowest BCUT2D eigenvalue weighted by Crippen LogP contribution is -2.61. The number of hydrogen-bond acceptors (Lipinski definition) is 8. The van der Waals surface area contributed by atoms with Gasteiger partial charge < -0.3 is 34.2 Å². The number of nitrogens with two attached hydrogens (primary N) is 1. The van der Waals surface area contributed by atoms with E-state index >= 15 is 0 Å². The second-order valence-electron chi connectivity index (χ2n) is 9.82. The van der Waals surface area contributed by atoms with Crippen LogP contribution in [0.15, 0.2) is 85.1 Å². The van der Waals surface area contributed by atoms with Gasteiger partial charge in [0, 0.05) is 19.9 Å². The number of methoxy groups -OCH3 is 1. The Balaban J connectivity index is 1.54. The molecule has 1 aromatic heterocycles. The molecule has 40 heavy (non-hydrogen) atoms. The summed E-state index contributed by atoms with van der Waals surface area (Å²) >= 11 is 0. The molecular weight excluding hydrogens is 508 g/mol. The van der Waals surface area contributed by atoms with Gasteiger partial charge in [0.15, 0.2) is 6.29 Å². The molecule has 3 aromatic rings. The topological polar surface area (TPSA) is 94.3 Å². The van der Waals surface area contributed by atoms with Crippen LogP contribution in [0.4, 0.5) is 0 Å². The average molecular weight is 551 g/mol. The van der Waals surface area contributed by atoms with Crippen molar-refractivity contribution in [3.8, 4) is 0 Å². The Hall–Kier alpha value is -2.69. The van der Waals surface area contributed by atoms with Crippen LogP contribution in [0.3, 0.4) is 0 Å². The molecule has 0 unspecified atom stereocenters. The third-order valence-electron chi connectivity index (χ3n) is 6.82. The van der Waals surface area contributed by atoms with Crippen molar-refractivity contribution < 1.29 is 28.4 Å². The SMILES string of the molecule is CO[C@@H]1O[C@H](COCCCCCN)[C@@H](OCc2ccccn2)[C@H](OCc2ccccc2)[C@H]1OCc1ccccc1. The van der Waals surface area contributed by atoms with E-state index in [1.165, 1.54) is 0 Å². The van der Waals surface area contributed by atoms with Crippen LogP contribution >= 0.6 is 0 Å². The van der Waals surface area contributed by atoms with E-state index in [9.17, 15) is 0 Å². The van der Waals surface area contributed by atoms with Crippen LogP contribution in [0, 0.1) is 0 Å². The van der Waals surface area contributed by atoms with E-state index in [1.807, 2.05) is 78.9 Å². The molecule has 2 N–H and O–H groups in total. The minimum absolute atomic E-state index is 0.302. The molecule has 1 saturated heterocycles. The Morgan fingerprint density at radius 1 is 0.725 bits per heavy atom. The molecule has 1 aliphatic heterocycles. The molecule has 5 atom stereocenters. The highest BCUT2D eigenvalue weighted by Crippen LogP contribution is 2.31. The molecule has 0 amide bonds. The van der Waals surface area contributed by atoms with E-state index in [2.05, 4.69) is 4.98 Å². The molecule has 1 aliphatic rings. The predicted molar refractivity (Wildman–Crippen MR) is 152 cm³/mol. The first kappa shape index (κ1) is 30.3. The predicted octanol–water partition coefficient (Wildman–Crippen LogP) is 4.65. The van der Waals surface area contributed by atoms with Crippen LogP contribution in [0.1, 0.15) is 36.1 Å². The van der Waals surface area contributed by atoms with Crippen molar-refractivity contribution in [2.45, 2.75) is 69.8 Å². The van der Waals surface area contributed by atoms with Crippen LogP contribution in [0.2, 0.25) is 0 Å². The van der Waals surface area contributed by atoms with Crippen LogP contribution in [0.25, 0.3) is 0 Å². The number of rotatable bonds is 17. The van der Waals surface area contributed by atoms with E-state index in [4.69, 9.17) is 34.2 Å². The number of aromatic nitrogens is 1. The fourth-order valence-electron chi connectivity index (χ4n) is 4.69. The first-order valence-corrected chi connectivity index (χ1v) is 14.1. The standard InChI is InChI=1S/C32H42N2O6/c1-35-32-31(38-22-26-15-7-3-8-16-26)30(37-21-25-13-5-2-6-14-25)29(39-23-27-17-9-11-19-34-27)28(40-32)24-36-20-12-4-10-18-33/h2-3,5-9,11,13-17,19,28-32H,4,10,12,18,20-24,33H2,1H3/t28-,29-,30+,31-,32-/m1/s1. The molecule has 2 heterocycles. The van der Waals surface area contributed by atoms with Gasteiger partial charge >= 0.3 is 0 Å². The van der Waals surface area contributed by atoms with Gasteiger partial charge in [-0.15, -0.1) is 0 Å². The van der Waals surface area contributed by atoms with Crippen molar-refractivity contribution >= 4 is 0 Å². The van der Waals surface area contributed by atoms with Crippen LogP contribution < -0.4 is 5.73 Å². The summed E-state index contributed by atoms with van der Waals surface area (Å²) in [7, 11) is 1.62. The van der Waals surface area contributed by atoms with Gasteiger partial charge in [0.2, 0.25) is 0 Å². The van der Waals surface area contributed by atoms with Gasteiger partial charge in [-0.3, -0.25) is 4.98 Å². The molecule has 0 aliphatic carbocycles. The Morgan fingerprint density at radius 2 is 1.38 bits per heavy atom. The van der Waals surface area contributed by atoms with Crippen molar-refractivity contribution in [1.82, 2.24) is 4.98 Å². The van der Waals surface area contributed by atoms with Crippen LogP contribution in [-0.4, -0.2) is 62.6 Å². The van der Waals surface area contributed by atoms with Gasteiger partial charge in [0.05, 0.1) is 32.1 Å². The zero-order valence-electron chi connectivity index (χ0n) is 23.3. The lowest BCUT2D eigenvalue weighted by Gasteiger charge is -2.45. The lowest BCUT2D eigenvalue weighted by molar-refractivity contribution is -0.323. The minimum Gasteiger partial charge on any atom is -0.379 e. The number of nitrogens with zero attached hydrogens (tertiary/aromatic N) is 1. The Morgan fingerprint density at radius 3 is 2.00 bits per heavy atom. The largest absolute Gasteiger partial charge is 0.379 e. The highest BCUT2D eigenvalue weighted by Gasteiger charge is 2.48. The summed E-state index contributed by atoms with van der Waals surface area (Å²) in [4.78, 5) is 4.43. The summed E-state index contributed by atoms with van der Waals surface area (Å²) in [5.74, 6) is 0. The van der Waals surface area contributed by atoms with Crippen LogP contribution in [0.5, 0.6) is 0 Å². The van der Waals surface area contributed by atoms with Gasteiger partial charge in [-0.2, -0.15) is 0 Å². The minimum atomic E-state index is -0.662. The maximum Gasteiger partial charge on any atom is 0.186 e. The molecule has 8 heteroatoms. The smallest absolute Gasteiger partial charge is 0.186 e. The number of hydrogen-bond donors (Lipinski definition) is 1. The van der Waals surface area contributed by atoms with Crippen molar-refractivity contribution in [3.05, 3.63) is 102 Å². The maximum absolute atomic E-state index is 6.59. The Labute approximate surface area is 237 Å². The second-order valence-corrected chi connectivity index (χ2v) is 9.82. The van der Waals surface area contributed by atoms with E-state index in [0.717, 1.165) is 36.1 Å². The normalized spacial score (nSPS) is 22.8. The summed E-state index contributed by atoms with van der Waals surface area (Å²) in [6, 6.07) is 25.9. The van der Waals surface area contributed by atoms with Crippen molar-refractivity contribution in [1.29, 1.82) is 0 Å². The number of benzene rings is 2. The summed E-state index contributed by atoms with van der Waals surface area (Å²) < 4.78 is 37.9. The molecule has 0 saturated carbocycles. The van der Waals surface area contributed by atoms with E-state index in [-0.39, 0.29) is 0 Å². The highest BCUT2D eigenvalue weighted by molar-refractivity contribution is 5.15. The molecule has 8 nitrogen and oxygen atoms in total. The third kappa shape index (κ3) is 9.45. The second kappa shape index (κ2) is 17.2. The van der Waals surface area contributed by atoms with Gasteiger partial charge in [-0.05, 0) is 49.1 Å². The fraction of sp³-hybridized carbons (Fsp3) is 0.469. The van der Waals surface area contributed by atoms with Crippen molar-refractivity contribution in [2.75, 3.05) is 26.9 Å². The highest BCUT2D eigenvalue weighted by atomic mass is 16.7. The van der Waals surface area contributed by atoms with Crippen molar-refractivity contribution in [2.24, 2.45) is 5.73 Å². The lowest BCUT2D eigenvalue weighted by atomic mass is 9.98. The number of ether oxygens (including phenoxy) is 6. The van der Waals surface area contributed by atoms with E-state index in [1.54, 1.807) is 13.3 Å². The third-order valence-corrected chi connectivity index (χ3v) is 6.82. The molecule has 4 rings (SSSR count). The molecule has 1 fully saturated rings. The molecule has 0 bridgehead atoms. The summed E-state index contributed by atoms with van der Waals surface area (Å²) in [6.07, 6.45) is 2.11. The molecule has 2 aromatic carbocycles. The summed E-state index contributed by atoms with van der Waals surface area (Å²) in [6.45, 7) is 2.73. The van der Waals surface area contributed by atoms with E-state index < -0.39 is 30.7 Å². The van der Waals surface area contributed by atoms with Gasteiger partial charge in [-0.25, -0.2) is 0 Å². The molecular formula is C32H42N2O6. The van der Waals surface area contributed by atoms with Gasteiger partial charge in [0.25, 0.3) is 0 Å². The first-order chi connectivity index (χ1) is 19.8. The molecule has 216 valence electrons. The Bertz CT molecular complexity index is 1060. The summed E-state index contributed by atoms with van der Waals surface area (Å²) in [5.41, 5.74) is 8.55. The van der Waals surface area contributed by atoms with Gasteiger partial charge in [0.1, 0.15) is 24.4 Å². The fourth-order valence-corrected chi connectivity index (χ4v) is 4.69. The van der Waals surface area contributed by atoms with E-state index in [0.29, 0.717) is 39.6 Å². The zero-order chi connectivity index (χ0) is 27.8. The monoisotopic (exact) mass is 550 g/mol. The maximum atomic E-state index is 6.59. The number of pyridine rings is 1. The van der Waals surface area contributed by atoms with Crippen LogP contribution in [-0.2, 0) is 48.2 Å². The quantitative estimate of drug-likeness (QED) is 0.243. The van der Waals surface area contributed by atoms with Crippen molar-refractivity contribution in [3.63, 3.8) is 0 Å². The first-order valence-electron chi connectivity index (χ1n) is 14.1. The summed E-state index contributed by atoms with van der Waals surface area (Å²) in [5, 5.41) is 0. The molecule has 0 spiro atoms. The Kier molecular flexibility index (Phi) is 13.0. The molecule has 0 radical (unpaired) electrons.